The molecule has 1 heteroatoms. The summed E-state index contributed by atoms with van der Waals surface area (Å²) in [4.78, 5) is 0. The van der Waals surface area contributed by atoms with Gasteiger partial charge in [-0.1, -0.05) is 37.3 Å². The molecule has 2 atom stereocenters. The molecule has 0 fully saturated rings. The highest BCUT2D eigenvalue weighted by atomic mass is 14.6. The lowest BCUT2D eigenvalue weighted by Crippen LogP contribution is -2.20. The summed E-state index contributed by atoms with van der Waals surface area (Å²) in [5.74, 6) is 0.635. The molecule has 1 unspecified atom stereocenters. The van der Waals surface area contributed by atoms with Gasteiger partial charge in [-0.05, 0) is 53.1 Å². The minimum Gasteiger partial charge on any atom is -0.324 e. The Morgan fingerprint density at radius 1 is 1.12 bits per heavy atom. The van der Waals surface area contributed by atoms with Gasteiger partial charge in [-0.25, -0.2) is 0 Å². The molecule has 0 aliphatic heterocycles. The Hall–Kier alpha value is -1.34. The summed E-state index contributed by atoms with van der Waals surface area (Å²) in [7, 11) is 0. The van der Waals surface area contributed by atoms with Crippen molar-refractivity contribution in [3.63, 3.8) is 0 Å². The molecule has 0 spiro atoms. The third-order valence-electron chi connectivity index (χ3n) is 4.13. The van der Waals surface area contributed by atoms with Crippen LogP contribution < -0.4 is 5.73 Å². The van der Waals surface area contributed by atoms with Gasteiger partial charge >= 0.3 is 0 Å². The Balaban J connectivity index is 2.41. The molecule has 0 heterocycles. The molecular formula is C16H19N. The van der Waals surface area contributed by atoms with Crippen molar-refractivity contribution in [1.29, 1.82) is 0 Å². The van der Waals surface area contributed by atoms with Crippen LogP contribution in [0.15, 0.2) is 30.3 Å². The quantitative estimate of drug-likeness (QED) is 0.719. The first-order valence-electron chi connectivity index (χ1n) is 6.46. The number of fused-ring (bicyclic) bond motifs is 3. The van der Waals surface area contributed by atoms with Gasteiger partial charge in [0, 0.05) is 6.04 Å². The van der Waals surface area contributed by atoms with Crippen molar-refractivity contribution in [3.8, 4) is 0 Å². The predicted octanol–water partition coefficient (Wildman–Crippen LogP) is 4.05. The zero-order valence-corrected chi connectivity index (χ0v) is 10.5. The summed E-state index contributed by atoms with van der Waals surface area (Å²) in [6, 6.07) is 11.2. The Bertz CT molecular complexity index is 571. The van der Waals surface area contributed by atoms with Crippen molar-refractivity contribution in [2.45, 2.75) is 38.6 Å². The van der Waals surface area contributed by atoms with E-state index in [-0.39, 0.29) is 6.04 Å². The van der Waals surface area contributed by atoms with E-state index in [1.165, 1.54) is 33.9 Å². The minimum absolute atomic E-state index is 0.226. The van der Waals surface area contributed by atoms with Crippen molar-refractivity contribution in [3.05, 3.63) is 47.0 Å². The number of nitrogens with two attached hydrogens (primary N) is 1. The Kier molecular flexibility index (Phi) is 2.44. The van der Waals surface area contributed by atoms with Gasteiger partial charge < -0.3 is 5.73 Å². The molecule has 0 aromatic heterocycles. The van der Waals surface area contributed by atoms with Crippen LogP contribution in [0.3, 0.4) is 0 Å². The highest BCUT2D eigenvalue weighted by Gasteiger charge is 2.24. The van der Waals surface area contributed by atoms with Crippen LogP contribution in [0.5, 0.6) is 0 Å². The number of hydrogen-bond donors (Lipinski definition) is 1. The van der Waals surface area contributed by atoms with Crippen molar-refractivity contribution in [1.82, 2.24) is 0 Å². The van der Waals surface area contributed by atoms with Crippen LogP contribution in [0.2, 0.25) is 0 Å². The van der Waals surface area contributed by atoms with E-state index in [2.05, 4.69) is 44.2 Å². The molecule has 1 aliphatic rings. The van der Waals surface area contributed by atoms with E-state index in [0.717, 1.165) is 6.42 Å². The Morgan fingerprint density at radius 2 is 1.82 bits per heavy atom. The Labute approximate surface area is 103 Å². The van der Waals surface area contributed by atoms with E-state index in [1.54, 1.807) is 0 Å². The van der Waals surface area contributed by atoms with E-state index in [1.807, 2.05) is 0 Å². The Morgan fingerprint density at radius 3 is 2.59 bits per heavy atom. The monoisotopic (exact) mass is 225 g/mol. The van der Waals surface area contributed by atoms with E-state index in [4.69, 9.17) is 5.73 Å². The molecule has 0 radical (unpaired) electrons. The van der Waals surface area contributed by atoms with Crippen LogP contribution >= 0.6 is 0 Å². The largest absolute Gasteiger partial charge is 0.324 e. The second kappa shape index (κ2) is 3.85. The van der Waals surface area contributed by atoms with E-state index < -0.39 is 0 Å². The summed E-state index contributed by atoms with van der Waals surface area (Å²) in [6.45, 7) is 4.51. The normalized spacial score (nSPS) is 23.7. The third-order valence-corrected chi connectivity index (χ3v) is 4.13. The highest BCUT2D eigenvalue weighted by molar-refractivity contribution is 5.90. The summed E-state index contributed by atoms with van der Waals surface area (Å²) in [5.41, 5.74) is 10.5. The number of benzene rings is 2. The summed E-state index contributed by atoms with van der Waals surface area (Å²) < 4.78 is 0. The van der Waals surface area contributed by atoms with Gasteiger partial charge in [0.1, 0.15) is 0 Å². The first-order chi connectivity index (χ1) is 8.18. The zero-order chi connectivity index (χ0) is 12.0. The molecule has 0 saturated carbocycles. The topological polar surface area (TPSA) is 26.0 Å². The van der Waals surface area contributed by atoms with E-state index in [9.17, 15) is 0 Å². The van der Waals surface area contributed by atoms with Gasteiger partial charge in [0.2, 0.25) is 0 Å². The molecule has 2 aromatic rings. The standard InChI is InChI=1S/C16H19N/c1-10-7-8-15(17)14-9-11(2)12-5-3-4-6-13(12)16(10)14/h3-6,9-10,15H,7-8,17H2,1-2H3/t10?,15-/m0/s1. The molecule has 0 amide bonds. The fourth-order valence-corrected chi connectivity index (χ4v) is 3.19. The lowest BCUT2D eigenvalue weighted by Gasteiger charge is -2.29. The molecule has 1 nitrogen and oxygen atoms in total. The fraction of sp³-hybridized carbons (Fsp3) is 0.375. The number of hydrogen-bond acceptors (Lipinski definition) is 1. The molecule has 0 saturated heterocycles. The van der Waals surface area contributed by atoms with Crippen LogP contribution in [-0.2, 0) is 0 Å². The zero-order valence-electron chi connectivity index (χ0n) is 10.5. The van der Waals surface area contributed by atoms with Crippen molar-refractivity contribution < 1.29 is 0 Å². The second-order valence-electron chi connectivity index (χ2n) is 5.33. The van der Waals surface area contributed by atoms with Crippen LogP contribution in [0, 0.1) is 6.92 Å². The summed E-state index contributed by atoms with van der Waals surface area (Å²) >= 11 is 0. The molecule has 3 rings (SSSR count). The maximum absolute atomic E-state index is 6.27. The molecule has 17 heavy (non-hydrogen) atoms. The van der Waals surface area contributed by atoms with Gasteiger partial charge in [0.05, 0.1) is 0 Å². The first-order valence-corrected chi connectivity index (χ1v) is 6.46. The third kappa shape index (κ3) is 1.57. The number of rotatable bonds is 0. The van der Waals surface area contributed by atoms with Crippen LogP contribution in [-0.4, -0.2) is 0 Å². The molecule has 2 aromatic carbocycles. The van der Waals surface area contributed by atoms with Gasteiger partial charge in [-0.15, -0.1) is 0 Å². The summed E-state index contributed by atoms with van der Waals surface area (Å²) in [6.07, 6.45) is 2.33. The molecule has 88 valence electrons. The lowest BCUT2D eigenvalue weighted by molar-refractivity contribution is 0.516. The first kappa shape index (κ1) is 10.8. The minimum atomic E-state index is 0.226. The second-order valence-corrected chi connectivity index (χ2v) is 5.33. The summed E-state index contributed by atoms with van der Waals surface area (Å²) in [5, 5.41) is 2.79. The molecule has 2 N–H and O–H groups in total. The van der Waals surface area contributed by atoms with Crippen LogP contribution in [0.1, 0.15) is 48.4 Å². The van der Waals surface area contributed by atoms with Gasteiger partial charge in [-0.3, -0.25) is 0 Å². The lowest BCUT2D eigenvalue weighted by atomic mass is 9.78. The van der Waals surface area contributed by atoms with E-state index in [0.29, 0.717) is 5.92 Å². The van der Waals surface area contributed by atoms with Crippen molar-refractivity contribution in [2.75, 3.05) is 0 Å². The molecular weight excluding hydrogens is 206 g/mol. The number of aryl methyl sites for hydroxylation is 1. The van der Waals surface area contributed by atoms with E-state index >= 15 is 0 Å². The average molecular weight is 225 g/mol. The van der Waals surface area contributed by atoms with Crippen LogP contribution in [0.25, 0.3) is 10.8 Å². The van der Waals surface area contributed by atoms with Gasteiger partial charge in [-0.2, -0.15) is 0 Å². The maximum Gasteiger partial charge on any atom is 0.0298 e. The highest BCUT2D eigenvalue weighted by Crippen LogP contribution is 2.41. The molecule has 0 bridgehead atoms. The van der Waals surface area contributed by atoms with Crippen molar-refractivity contribution >= 4 is 10.8 Å². The molecule has 1 aliphatic carbocycles. The average Bonchev–Trinajstić information content (AvgIpc) is 2.34. The fourth-order valence-electron chi connectivity index (χ4n) is 3.19. The van der Waals surface area contributed by atoms with Crippen LogP contribution in [0.4, 0.5) is 0 Å². The predicted molar refractivity (Wildman–Crippen MR) is 73.3 cm³/mol. The smallest absolute Gasteiger partial charge is 0.0298 e. The van der Waals surface area contributed by atoms with Crippen molar-refractivity contribution in [2.24, 2.45) is 5.73 Å². The SMILES string of the molecule is Cc1cc2c(c3ccccc13)C(C)CC[C@@H]2N. The van der Waals surface area contributed by atoms with Gasteiger partial charge in [0.15, 0.2) is 0 Å². The van der Waals surface area contributed by atoms with Gasteiger partial charge in [0.25, 0.3) is 0 Å². The maximum atomic E-state index is 6.27.